The van der Waals surface area contributed by atoms with E-state index in [0.29, 0.717) is 17.6 Å². The molecule has 7 atom stereocenters. The van der Waals surface area contributed by atoms with E-state index < -0.39 is 0 Å². The van der Waals surface area contributed by atoms with Gasteiger partial charge in [0, 0.05) is 5.92 Å². The van der Waals surface area contributed by atoms with Crippen LogP contribution in [0.4, 0.5) is 0 Å². The van der Waals surface area contributed by atoms with E-state index in [1.165, 1.54) is 32.1 Å². The fraction of sp³-hybridized carbons (Fsp3) is 0.750. The number of ketones is 1. The summed E-state index contributed by atoms with van der Waals surface area (Å²) in [6.45, 7) is 6.62. The van der Waals surface area contributed by atoms with Crippen molar-refractivity contribution in [3.8, 4) is 0 Å². The van der Waals surface area contributed by atoms with Crippen LogP contribution in [0.1, 0.15) is 52.9 Å². The van der Waals surface area contributed by atoms with Crippen molar-refractivity contribution in [2.45, 2.75) is 52.9 Å². The van der Waals surface area contributed by atoms with Gasteiger partial charge in [-0.05, 0) is 80.1 Å². The molecule has 1 heteroatoms. The van der Waals surface area contributed by atoms with Crippen LogP contribution >= 0.6 is 0 Å². The molecule has 0 amide bonds. The van der Waals surface area contributed by atoms with Gasteiger partial charge in [-0.25, -0.2) is 0 Å². The Hall–Kier alpha value is -0.850. The second kappa shape index (κ2) is 4.83. The molecule has 1 nitrogen and oxygen atoms in total. The highest BCUT2D eigenvalue weighted by atomic mass is 16.1. The van der Waals surface area contributed by atoms with Crippen LogP contribution in [-0.4, -0.2) is 5.78 Å². The zero-order chi connectivity index (χ0) is 14.7. The fourth-order valence-electron chi connectivity index (χ4n) is 6.26. The van der Waals surface area contributed by atoms with E-state index in [4.69, 9.17) is 0 Å². The highest BCUT2D eigenvalue weighted by molar-refractivity contribution is 5.98. The van der Waals surface area contributed by atoms with E-state index in [1.54, 1.807) is 5.57 Å². The minimum absolute atomic E-state index is 0.233. The number of Topliss-reactive ketones (excluding diaryl/α,β-unsaturated/α-hetero) is 1. The van der Waals surface area contributed by atoms with Crippen molar-refractivity contribution in [1.29, 1.82) is 0 Å². The predicted molar refractivity (Wildman–Crippen MR) is 85.7 cm³/mol. The Bertz CT molecular complexity index is 526. The third kappa shape index (κ3) is 1.85. The summed E-state index contributed by atoms with van der Waals surface area (Å²) in [5.41, 5.74) is 2.69. The normalized spacial score (nSPS) is 48.9. The monoisotopic (exact) mass is 284 g/mol. The Labute approximate surface area is 128 Å². The lowest BCUT2D eigenvalue weighted by atomic mass is 9.52. The number of carbonyl (C=O) groups is 1. The molecule has 0 saturated heterocycles. The van der Waals surface area contributed by atoms with Gasteiger partial charge in [-0.3, -0.25) is 4.79 Å². The Morgan fingerprint density at radius 1 is 1.05 bits per heavy atom. The molecule has 114 valence electrons. The molecule has 4 aliphatic rings. The summed E-state index contributed by atoms with van der Waals surface area (Å²) in [6, 6.07) is 0. The molecule has 2 saturated carbocycles. The molecule has 21 heavy (non-hydrogen) atoms. The van der Waals surface area contributed by atoms with Crippen LogP contribution in [0.5, 0.6) is 0 Å². The number of hydrogen-bond donors (Lipinski definition) is 0. The zero-order valence-corrected chi connectivity index (χ0v) is 13.6. The van der Waals surface area contributed by atoms with Crippen molar-refractivity contribution in [2.75, 3.05) is 0 Å². The van der Waals surface area contributed by atoms with Crippen molar-refractivity contribution < 1.29 is 4.79 Å². The van der Waals surface area contributed by atoms with Crippen LogP contribution in [0, 0.1) is 41.4 Å². The summed E-state index contributed by atoms with van der Waals surface area (Å²) < 4.78 is 0. The maximum absolute atomic E-state index is 12.5. The van der Waals surface area contributed by atoms with Crippen LogP contribution in [0.25, 0.3) is 0 Å². The van der Waals surface area contributed by atoms with Gasteiger partial charge in [-0.2, -0.15) is 0 Å². The number of carbonyl (C=O) groups excluding carboxylic acids is 1. The average molecular weight is 284 g/mol. The van der Waals surface area contributed by atoms with E-state index in [2.05, 4.69) is 32.9 Å². The fourth-order valence-corrected chi connectivity index (χ4v) is 6.26. The van der Waals surface area contributed by atoms with Gasteiger partial charge in [-0.1, -0.05) is 31.6 Å². The van der Waals surface area contributed by atoms with Crippen LogP contribution in [-0.2, 0) is 4.79 Å². The topological polar surface area (TPSA) is 17.1 Å². The van der Waals surface area contributed by atoms with Gasteiger partial charge in [0.05, 0.1) is 0 Å². The van der Waals surface area contributed by atoms with Gasteiger partial charge in [0.15, 0.2) is 5.78 Å². The second-order valence-electron chi connectivity index (χ2n) is 8.12. The van der Waals surface area contributed by atoms with Crippen molar-refractivity contribution in [3.05, 3.63) is 23.3 Å². The summed E-state index contributed by atoms with van der Waals surface area (Å²) >= 11 is 0. The first-order valence-corrected chi connectivity index (χ1v) is 9.00. The molecular weight excluding hydrogens is 256 g/mol. The number of fused-ring (bicyclic) bond motifs is 5. The molecule has 2 fully saturated rings. The van der Waals surface area contributed by atoms with E-state index >= 15 is 0 Å². The summed E-state index contributed by atoms with van der Waals surface area (Å²) in [5, 5.41) is 0. The first kappa shape index (κ1) is 13.8. The maximum atomic E-state index is 12.5. The van der Waals surface area contributed by atoms with Gasteiger partial charge in [0.2, 0.25) is 0 Å². The Morgan fingerprint density at radius 2 is 1.86 bits per heavy atom. The predicted octanol–water partition coefficient (Wildman–Crippen LogP) is 4.79. The summed E-state index contributed by atoms with van der Waals surface area (Å²) in [5.74, 6) is 5.49. The lowest BCUT2D eigenvalue weighted by molar-refractivity contribution is -0.122. The quantitative estimate of drug-likeness (QED) is 0.585. The first-order valence-electron chi connectivity index (χ1n) is 9.00. The molecular formula is C20H28O. The molecule has 0 radical (unpaired) electrons. The minimum Gasteiger partial charge on any atom is -0.294 e. The van der Waals surface area contributed by atoms with Crippen molar-refractivity contribution in [3.63, 3.8) is 0 Å². The molecule has 0 aromatic rings. The average Bonchev–Trinajstić information content (AvgIpc) is 2.98. The third-order valence-corrected chi connectivity index (χ3v) is 7.51. The minimum atomic E-state index is 0.233. The number of hydrogen-bond acceptors (Lipinski definition) is 1. The van der Waals surface area contributed by atoms with E-state index in [1.807, 2.05) is 0 Å². The number of allylic oxidation sites excluding steroid dienone is 4. The van der Waals surface area contributed by atoms with Crippen LogP contribution in [0.3, 0.4) is 0 Å². The molecule has 0 aromatic carbocycles. The van der Waals surface area contributed by atoms with E-state index in [0.717, 1.165) is 29.2 Å². The molecule has 0 spiro atoms. The molecule has 4 aliphatic carbocycles. The Morgan fingerprint density at radius 3 is 2.67 bits per heavy atom. The van der Waals surface area contributed by atoms with Gasteiger partial charge < -0.3 is 0 Å². The lowest BCUT2D eigenvalue weighted by Gasteiger charge is -2.52. The second-order valence-corrected chi connectivity index (χ2v) is 8.12. The van der Waals surface area contributed by atoms with Crippen LogP contribution < -0.4 is 0 Å². The molecule has 0 aromatic heterocycles. The van der Waals surface area contributed by atoms with Gasteiger partial charge >= 0.3 is 0 Å². The van der Waals surface area contributed by atoms with E-state index in [9.17, 15) is 4.79 Å². The molecule has 0 heterocycles. The van der Waals surface area contributed by atoms with Gasteiger partial charge in [-0.15, -0.1) is 0 Å². The first-order chi connectivity index (χ1) is 10.1. The standard InChI is InChI=1S/C20H28O/c1-11-12(2)20(21)13(3)15-9-10-17-16-6-4-5-14(16)7-8-18(17)19(11)15/h4-5,11-12,14,16-19H,6-10H2,1-3H3. The van der Waals surface area contributed by atoms with Gasteiger partial charge in [0.1, 0.15) is 0 Å². The third-order valence-electron chi connectivity index (χ3n) is 7.51. The highest BCUT2D eigenvalue weighted by Crippen LogP contribution is 2.57. The SMILES string of the molecule is CC1=C2CCC3C4CC=CC4CCC3C2C(C)C(C)C1=O. The Kier molecular flexibility index (Phi) is 3.17. The number of rotatable bonds is 0. The largest absolute Gasteiger partial charge is 0.294 e. The molecule has 4 rings (SSSR count). The zero-order valence-electron chi connectivity index (χ0n) is 13.6. The summed E-state index contributed by atoms with van der Waals surface area (Å²) in [4.78, 5) is 12.5. The summed E-state index contributed by atoms with van der Waals surface area (Å²) in [7, 11) is 0. The molecule has 0 N–H and O–H groups in total. The Balaban J connectivity index is 1.70. The van der Waals surface area contributed by atoms with Crippen LogP contribution in [0.2, 0.25) is 0 Å². The molecule has 0 bridgehead atoms. The molecule has 0 aliphatic heterocycles. The van der Waals surface area contributed by atoms with Gasteiger partial charge in [0.25, 0.3) is 0 Å². The highest BCUT2D eigenvalue weighted by Gasteiger charge is 2.50. The summed E-state index contributed by atoms with van der Waals surface area (Å²) in [6.07, 6.45) is 11.6. The molecule has 7 unspecified atom stereocenters. The van der Waals surface area contributed by atoms with Crippen molar-refractivity contribution in [2.24, 2.45) is 41.4 Å². The smallest absolute Gasteiger partial charge is 0.161 e. The lowest BCUT2D eigenvalue weighted by Crippen LogP contribution is -2.46. The van der Waals surface area contributed by atoms with Crippen LogP contribution in [0.15, 0.2) is 23.3 Å². The van der Waals surface area contributed by atoms with E-state index in [-0.39, 0.29) is 5.92 Å². The van der Waals surface area contributed by atoms with Crippen molar-refractivity contribution >= 4 is 5.78 Å². The van der Waals surface area contributed by atoms with Crippen molar-refractivity contribution in [1.82, 2.24) is 0 Å². The maximum Gasteiger partial charge on any atom is 0.161 e.